The lowest BCUT2D eigenvalue weighted by Crippen LogP contribution is -2.16. The molecule has 2 rings (SSSR count). The van der Waals surface area contributed by atoms with E-state index < -0.39 is 6.43 Å². The second-order valence-electron chi connectivity index (χ2n) is 3.40. The van der Waals surface area contributed by atoms with Crippen LogP contribution in [0, 0.1) is 5.92 Å². The van der Waals surface area contributed by atoms with Gasteiger partial charge in [-0.1, -0.05) is 6.92 Å². The first-order chi connectivity index (χ1) is 5.74. The highest BCUT2D eigenvalue weighted by Crippen LogP contribution is 2.47. The van der Waals surface area contributed by atoms with Crippen molar-refractivity contribution >= 4 is 0 Å². The predicted molar refractivity (Wildman–Crippen MR) is 41.2 cm³/mol. The molecule has 1 nitrogen and oxygen atoms in total. The lowest BCUT2D eigenvalue weighted by Gasteiger charge is -2.18. The van der Waals surface area contributed by atoms with Crippen LogP contribution in [0.5, 0.6) is 0 Å². The Morgan fingerprint density at radius 3 is 2.92 bits per heavy atom. The monoisotopic (exact) mass is 174 g/mol. The summed E-state index contributed by atoms with van der Waals surface area (Å²) in [4.78, 5) is 0. The molecule has 2 aliphatic rings. The highest BCUT2D eigenvalue weighted by molar-refractivity contribution is 5.29. The van der Waals surface area contributed by atoms with E-state index >= 15 is 0 Å². The minimum atomic E-state index is -2.26. The standard InChI is InChI=1S/C9H12F2O/c1-2-5-4-12-7-3-6(7)8(5)9(10)11/h6-7,9H,2-4H2,1H3. The van der Waals surface area contributed by atoms with Gasteiger partial charge in [0.05, 0.1) is 12.7 Å². The van der Waals surface area contributed by atoms with Crippen LogP contribution in [-0.4, -0.2) is 19.1 Å². The van der Waals surface area contributed by atoms with Crippen molar-refractivity contribution in [2.75, 3.05) is 6.61 Å². The van der Waals surface area contributed by atoms with Crippen LogP contribution < -0.4 is 0 Å². The largest absolute Gasteiger partial charge is 0.373 e. The quantitative estimate of drug-likeness (QED) is 0.584. The van der Waals surface area contributed by atoms with Crippen molar-refractivity contribution in [3.63, 3.8) is 0 Å². The Kier molecular flexibility index (Phi) is 1.91. The van der Waals surface area contributed by atoms with Crippen LogP contribution in [0.25, 0.3) is 0 Å². The van der Waals surface area contributed by atoms with E-state index in [0.29, 0.717) is 18.6 Å². The summed E-state index contributed by atoms with van der Waals surface area (Å²) in [6, 6.07) is 0. The fourth-order valence-corrected chi connectivity index (χ4v) is 1.86. The average Bonchev–Trinajstić information content (AvgIpc) is 2.79. The van der Waals surface area contributed by atoms with E-state index in [1.807, 2.05) is 6.92 Å². The molecule has 0 aromatic heterocycles. The number of alkyl halides is 2. The van der Waals surface area contributed by atoms with Crippen molar-refractivity contribution in [2.24, 2.45) is 5.92 Å². The topological polar surface area (TPSA) is 9.23 Å². The smallest absolute Gasteiger partial charge is 0.260 e. The zero-order valence-electron chi connectivity index (χ0n) is 7.02. The number of rotatable bonds is 2. The van der Waals surface area contributed by atoms with E-state index in [-0.39, 0.29) is 12.0 Å². The molecule has 1 aliphatic heterocycles. The van der Waals surface area contributed by atoms with E-state index in [9.17, 15) is 8.78 Å². The van der Waals surface area contributed by atoms with Gasteiger partial charge in [0.2, 0.25) is 0 Å². The number of fused-ring (bicyclic) bond motifs is 1. The molecule has 2 atom stereocenters. The SMILES string of the molecule is CCC1=C(C(F)F)C2CC2OC1. The first-order valence-electron chi connectivity index (χ1n) is 4.35. The van der Waals surface area contributed by atoms with Crippen LogP contribution >= 0.6 is 0 Å². The van der Waals surface area contributed by atoms with Gasteiger partial charge < -0.3 is 4.74 Å². The van der Waals surface area contributed by atoms with E-state index in [1.54, 1.807) is 0 Å². The van der Waals surface area contributed by atoms with Gasteiger partial charge in [0.15, 0.2) is 0 Å². The molecule has 0 N–H and O–H groups in total. The first-order valence-corrected chi connectivity index (χ1v) is 4.35. The molecule has 1 heterocycles. The summed E-state index contributed by atoms with van der Waals surface area (Å²) in [6.07, 6.45) is -0.644. The van der Waals surface area contributed by atoms with Gasteiger partial charge in [-0.3, -0.25) is 0 Å². The molecule has 12 heavy (non-hydrogen) atoms. The molecular weight excluding hydrogens is 162 g/mol. The van der Waals surface area contributed by atoms with Gasteiger partial charge in [0, 0.05) is 11.5 Å². The molecule has 1 saturated carbocycles. The Morgan fingerprint density at radius 1 is 1.58 bits per heavy atom. The molecule has 0 radical (unpaired) electrons. The van der Waals surface area contributed by atoms with Crippen LogP contribution in [-0.2, 0) is 4.74 Å². The Bertz CT molecular complexity index is 223. The second kappa shape index (κ2) is 2.80. The molecule has 0 saturated heterocycles. The van der Waals surface area contributed by atoms with Crippen LogP contribution in [0.4, 0.5) is 8.78 Å². The third-order valence-corrected chi connectivity index (χ3v) is 2.67. The lowest BCUT2D eigenvalue weighted by atomic mass is 10.0. The van der Waals surface area contributed by atoms with Gasteiger partial charge in [-0.05, 0) is 18.4 Å². The maximum atomic E-state index is 12.5. The van der Waals surface area contributed by atoms with E-state index in [1.165, 1.54) is 0 Å². The zero-order chi connectivity index (χ0) is 8.72. The predicted octanol–water partition coefficient (Wildman–Crippen LogP) is 2.38. The Labute approximate surface area is 70.4 Å². The maximum Gasteiger partial charge on any atom is 0.260 e. The van der Waals surface area contributed by atoms with E-state index in [2.05, 4.69) is 0 Å². The van der Waals surface area contributed by atoms with Crippen molar-refractivity contribution in [1.82, 2.24) is 0 Å². The third-order valence-electron chi connectivity index (χ3n) is 2.67. The van der Waals surface area contributed by atoms with Gasteiger partial charge >= 0.3 is 0 Å². The molecule has 1 fully saturated rings. The molecular formula is C9H12F2O. The summed E-state index contributed by atoms with van der Waals surface area (Å²) >= 11 is 0. The van der Waals surface area contributed by atoms with Gasteiger partial charge in [-0.25, -0.2) is 8.78 Å². The normalized spacial score (nSPS) is 34.0. The molecule has 0 aromatic rings. The number of halogens is 2. The molecule has 0 bridgehead atoms. The summed E-state index contributed by atoms with van der Waals surface area (Å²) < 4.78 is 30.4. The molecule has 2 unspecified atom stereocenters. The number of ether oxygens (including phenoxy) is 1. The van der Waals surface area contributed by atoms with Crippen molar-refractivity contribution in [3.8, 4) is 0 Å². The minimum Gasteiger partial charge on any atom is -0.373 e. The van der Waals surface area contributed by atoms with E-state index in [0.717, 1.165) is 12.0 Å². The van der Waals surface area contributed by atoms with Crippen molar-refractivity contribution in [1.29, 1.82) is 0 Å². The molecule has 1 aliphatic carbocycles. The van der Waals surface area contributed by atoms with Crippen LogP contribution in [0.1, 0.15) is 19.8 Å². The fraction of sp³-hybridized carbons (Fsp3) is 0.778. The van der Waals surface area contributed by atoms with Gasteiger partial charge in [0.1, 0.15) is 0 Å². The summed E-state index contributed by atoms with van der Waals surface area (Å²) in [5.74, 6) is 0.0497. The molecule has 0 amide bonds. The first kappa shape index (κ1) is 8.17. The van der Waals surface area contributed by atoms with Crippen molar-refractivity contribution in [2.45, 2.75) is 32.3 Å². The maximum absolute atomic E-state index is 12.5. The average molecular weight is 174 g/mol. The molecule has 3 heteroatoms. The summed E-state index contributed by atoms with van der Waals surface area (Å²) in [5, 5.41) is 0. The molecule has 0 aromatic carbocycles. The van der Waals surface area contributed by atoms with Gasteiger partial charge in [-0.2, -0.15) is 0 Å². The third kappa shape index (κ3) is 1.16. The Balaban J connectivity index is 2.24. The zero-order valence-corrected chi connectivity index (χ0v) is 7.02. The molecule has 68 valence electrons. The van der Waals surface area contributed by atoms with E-state index in [4.69, 9.17) is 4.74 Å². The summed E-state index contributed by atoms with van der Waals surface area (Å²) in [5.41, 5.74) is 1.21. The van der Waals surface area contributed by atoms with Crippen LogP contribution in [0.3, 0.4) is 0 Å². The lowest BCUT2D eigenvalue weighted by molar-refractivity contribution is 0.102. The second-order valence-corrected chi connectivity index (χ2v) is 3.40. The fourth-order valence-electron chi connectivity index (χ4n) is 1.86. The molecule has 0 spiro atoms. The number of hydrogen-bond acceptors (Lipinski definition) is 1. The van der Waals surface area contributed by atoms with Gasteiger partial charge in [0.25, 0.3) is 6.43 Å². The highest BCUT2D eigenvalue weighted by Gasteiger charge is 2.47. The Morgan fingerprint density at radius 2 is 2.33 bits per heavy atom. The highest BCUT2D eigenvalue weighted by atomic mass is 19.3. The van der Waals surface area contributed by atoms with Crippen molar-refractivity contribution in [3.05, 3.63) is 11.1 Å². The summed E-state index contributed by atoms with van der Waals surface area (Å²) in [7, 11) is 0. The van der Waals surface area contributed by atoms with Gasteiger partial charge in [-0.15, -0.1) is 0 Å². The summed E-state index contributed by atoms with van der Waals surface area (Å²) in [6.45, 7) is 2.33. The minimum absolute atomic E-state index is 0.0497. The van der Waals surface area contributed by atoms with Crippen molar-refractivity contribution < 1.29 is 13.5 Å². The van der Waals surface area contributed by atoms with Crippen LogP contribution in [0.2, 0.25) is 0 Å². The van der Waals surface area contributed by atoms with Crippen LogP contribution in [0.15, 0.2) is 11.1 Å². The number of hydrogen-bond donors (Lipinski definition) is 0. The Hall–Kier alpha value is -0.440.